The molecule has 1 aromatic heterocycles. The number of alkyl halides is 3. The van der Waals surface area contributed by atoms with E-state index >= 15 is 0 Å². The Labute approximate surface area is 199 Å². The predicted octanol–water partition coefficient (Wildman–Crippen LogP) is 4.58. The van der Waals surface area contributed by atoms with Crippen LogP contribution < -0.4 is 9.04 Å². The normalized spacial score (nSPS) is 15.9. The average molecular weight is 510 g/mol. The molecule has 0 saturated carbocycles. The van der Waals surface area contributed by atoms with Gasteiger partial charge in [-0.05, 0) is 49.7 Å². The third kappa shape index (κ3) is 5.11. The molecule has 0 aliphatic carbocycles. The van der Waals surface area contributed by atoms with E-state index in [0.717, 1.165) is 22.5 Å². The molecule has 3 aromatic rings. The van der Waals surface area contributed by atoms with Gasteiger partial charge in [-0.15, -0.1) is 0 Å². The van der Waals surface area contributed by atoms with Gasteiger partial charge < -0.3 is 13.9 Å². The number of nitrogens with zero attached hydrogens (tertiary/aromatic N) is 2. The molecular weight excluding hydrogens is 489 g/mol. The molecule has 1 atom stereocenters. The SMILES string of the molecule is COC(=O)CC[C@H]1CN(S(=O)(=O)c2cccc(C(F)(F)F)c2)c2cc(-c3nc(C)co3)ccc2O1. The fourth-order valence-electron chi connectivity index (χ4n) is 3.65. The first-order valence-corrected chi connectivity index (χ1v) is 11.9. The highest BCUT2D eigenvalue weighted by Gasteiger charge is 2.37. The molecule has 4 rings (SSSR count). The van der Waals surface area contributed by atoms with Crippen LogP contribution in [0, 0.1) is 6.92 Å². The van der Waals surface area contributed by atoms with E-state index in [9.17, 15) is 26.4 Å². The van der Waals surface area contributed by atoms with Crippen LogP contribution in [0.25, 0.3) is 11.5 Å². The average Bonchev–Trinajstić information content (AvgIpc) is 3.27. The smallest absolute Gasteiger partial charge is 0.416 e. The highest BCUT2D eigenvalue weighted by molar-refractivity contribution is 7.92. The number of anilines is 1. The number of carbonyl (C=O) groups excluding carboxylic acids is 1. The Hall–Kier alpha value is -3.54. The Morgan fingerprint density at radius 3 is 2.66 bits per heavy atom. The van der Waals surface area contributed by atoms with Crippen molar-refractivity contribution in [2.24, 2.45) is 0 Å². The lowest BCUT2D eigenvalue weighted by Crippen LogP contribution is -2.43. The monoisotopic (exact) mass is 510 g/mol. The van der Waals surface area contributed by atoms with Crippen molar-refractivity contribution in [2.45, 2.75) is 36.9 Å². The van der Waals surface area contributed by atoms with Crippen LogP contribution in [0.4, 0.5) is 18.9 Å². The van der Waals surface area contributed by atoms with Crippen LogP contribution in [0.3, 0.4) is 0 Å². The molecule has 186 valence electrons. The third-order valence-corrected chi connectivity index (χ3v) is 7.18. The first-order chi connectivity index (χ1) is 16.5. The Bertz CT molecular complexity index is 1350. The van der Waals surface area contributed by atoms with Gasteiger partial charge in [0.1, 0.15) is 18.1 Å². The van der Waals surface area contributed by atoms with Gasteiger partial charge in [0.15, 0.2) is 0 Å². The Balaban J connectivity index is 1.78. The van der Waals surface area contributed by atoms with Crippen molar-refractivity contribution in [3.8, 4) is 17.2 Å². The number of sulfonamides is 1. The number of rotatable bonds is 6. The van der Waals surface area contributed by atoms with Gasteiger partial charge >= 0.3 is 12.1 Å². The second kappa shape index (κ2) is 9.25. The second-order valence-electron chi connectivity index (χ2n) is 7.89. The summed E-state index contributed by atoms with van der Waals surface area (Å²) in [6, 6.07) is 8.18. The van der Waals surface area contributed by atoms with E-state index in [4.69, 9.17) is 9.15 Å². The first kappa shape index (κ1) is 24.6. The molecule has 0 bridgehead atoms. The molecule has 0 spiro atoms. The van der Waals surface area contributed by atoms with E-state index in [0.29, 0.717) is 17.3 Å². The van der Waals surface area contributed by atoms with Crippen molar-refractivity contribution in [3.63, 3.8) is 0 Å². The van der Waals surface area contributed by atoms with E-state index in [1.165, 1.54) is 25.5 Å². The molecule has 0 N–H and O–H groups in total. The zero-order valence-corrected chi connectivity index (χ0v) is 19.5. The summed E-state index contributed by atoms with van der Waals surface area (Å²) >= 11 is 0. The van der Waals surface area contributed by atoms with E-state index in [1.807, 2.05) is 0 Å². The third-order valence-electron chi connectivity index (χ3n) is 5.40. The highest BCUT2D eigenvalue weighted by Crippen LogP contribution is 2.41. The summed E-state index contributed by atoms with van der Waals surface area (Å²) in [5, 5.41) is 0. The minimum Gasteiger partial charge on any atom is -0.486 e. The van der Waals surface area contributed by atoms with Gasteiger partial charge in [0.25, 0.3) is 10.0 Å². The molecule has 0 radical (unpaired) electrons. The molecule has 0 unspecified atom stereocenters. The number of hydrogen-bond donors (Lipinski definition) is 0. The molecule has 2 heterocycles. The Kier molecular flexibility index (Phi) is 6.50. The zero-order chi connectivity index (χ0) is 25.4. The number of methoxy groups -OCH3 is 1. The largest absolute Gasteiger partial charge is 0.486 e. The van der Waals surface area contributed by atoms with Gasteiger partial charge in [-0.1, -0.05) is 6.07 Å². The molecule has 0 saturated heterocycles. The summed E-state index contributed by atoms with van der Waals surface area (Å²) in [6.07, 6.45) is -3.90. The molecule has 2 aromatic carbocycles. The summed E-state index contributed by atoms with van der Waals surface area (Å²) in [5.41, 5.74) is 0.103. The molecule has 35 heavy (non-hydrogen) atoms. The lowest BCUT2D eigenvalue weighted by atomic mass is 10.1. The fraction of sp³-hybridized carbons (Fsp3) is 0.304. The van der Waals surface area contributed by atoms with Gasteiger partial charge in [-0.3, -0.25) is 9.10 Å². The zero-order valence-electron chi connectivity index (χ0n) is 18.7. The maximum atomic E-state index is 13.6. The van der Waals surface area contributed by atoms with Crippen molar-refractivity contribution >= 4 is 21.7 Å². The number of aromatic nitrogens is 1. The topological polar surface area (TPSA) is 98.9 Å². The lowest BCUT2D eigenvalue weighted by molar-refractivity contribution is -0.141. The maximum absolute atomic E-state index is 13.6. The second-order valence-corrected chi connectivity index (χ2v) is 9.76. The Morgan fingerprint density at radius 1 is 1.23 bits per heavy atom. The summed E-state index contributed by atoms with van der Waals surface area (Å²) in [6.45, 7) is 1.50. The van der Waals surface area contributed by atoms with Crippen molar-refractivity contribution in [1.82, 2.24) is 4.98 Å². The summed E-state index contributed by atoms with van der Waals surface area (Å²) < 4.78 is 83.9. The van der Waals surface area contributed by atoms with Crippen LogP contribution in [0.2, 0.25) is 0 Å². The molecule has 0 fully saturated rings. The molecule has 12 heteroatoms. The van der Waals surface area contributed by atoms with Crippen LogP contribution in [-0.4, -0.2) is 39.1 Å². The fourth-order valence-corrected chi connectivity index (χ4v) is 5.20. The molecule has 1 aliphatic heterocycles. The number of fused-ring (bicyclic) bond motifs is 1. The van der Waals surface area contributed by atoms with Crippen LogP contribution in [0.5, 0.6) is 5.75 Å². The number of halogens is 3. The first-order valence-electron chi connectivity index (χ1n) is 10.5. The summed E-state index contributed by atoms with van der Waals surface area (Å²) in [4.78, 5) is 15.3. The standard InChI is InChI=1S/C23H21F3N2O6S/c1-14-13-33-22(27-14)15-6-8-20-19(10-15)28(12-17(34-20)7-9-21(29)32-2)35(30,31)18-5-3-4-16(11-18)23(24,25)26/h3-6,8,10-11,13,17H,7,9,12H2,1-2H3/t17-/m0/s1. The number of hydrogen-bond acceptors (Lipinski definition) is 7. The van der Waals surface area contributed by atoms with Crippen LogP contribution in [0.15, 0.2) is 58.0 Å². The molecule has 8 nitrogen and oxygen atoms in total. The Morgan fingerprint density at radius 2 is 2.00 bits per heavy atom. The van der Waals surface area contributed by atoms with Crippen molar-refractivity contribution < 1.29 is 40.3 Å². The maximum Gasteiger partial charge on any atom is 0.416 e. The van der Waals surface area contributed by atoms with Crippen LogP contribution >= 0.6 is 0 Å². The van der Waals surface area contributed by atoms with Crippen LogP contribution in [0.1, 0.15) is 24.1 Å². The minimum absolute atomic E-state index is 0.0262. The van der Waals surface area contributed by atoms with Gasteiger partial charge in [0.2, 0.25) is 5.89 Å². The summed E-state index contributed by atoms with van der Waals surface area (Å²) in [5.74, 6) is -0.0653. The number of esters is 1. The number of benzene rings is 2. The molecular formula is C23H21F3N2O6S. The lowest BCUT2D eigenvalue weighted by Gasteiger charge is -2.35. The van der Waals surface area contributed by atoms with Gasteiger partial charge in [0.05, 0.1) is 35.5 Å². The molecule has 1 aliphatic rings. The van der Waals surface area contributed by atoms with Crippen molar-refractivity contribution in [3.05, 3.63) is 60.0 Å². The number of ether oxygens (including phenoxy) is 2. The van der Waals surface area contributed by atoms with E-state index in [1.54, 1.807) is 13.0 Å². The number of carbonyl (C=O) groups is 1. The van der Waals surface area contributed by atoms with Crippen LogP contribution in [-0.2, 0) is 25.7 Å². The van der Waals surface area contributed by atoms with E-state index < -0.39 is 38.7 Å². The highest BCUT2D eigenvalue weighted by atomic mass is 32.2. The number of aryl methyl sites for hydroxylation is 1. The quantitative estimate of drug-likeness (QED) is 0.448. The van der Waals surface area contributed by atoms with Crippen molar-refractivity contribution in [1.29, 1.82) is 0 Å². The van der Waals surface area contributed by atoms with Gasteiger partial charge in [-0.2, -0.15) is 13.2 Å². The van der Waals surface area contributed by atoms with E-state index in [2.05, 4.69) is 9.72 Å². The van der Waals surface area contributed by atoms with Gasteiger partial charge in [0, 0.05) is 12.0 Å². The van der Waals surface area contributed by atoms with E-state index in [-0.39, 0.29) is 36.7 Å². The predicted molar refractivity (Wildman–Crippen MR) is 118 cm³/mol. The van der Waals surface area contributed by atoms with Crippen molar-refractivity contribution in [2.75, 3.05) is 18.0 Å². The minimum atomic E-state index is -4.71. The number of oxazole rings is 1. The van der Waals surface area contributed by atoms with Gasteiger partial charge in [-0.25, -0.2) is 13.4 Å². The molecule has 0 amide bonds. The summed E-state index contributed by atoms with van der Waals surface area (Å²) in [7, 11) is -3.21.